The molecule has 0 aliphatic carbocycles. The molecule has 1 aliphatic heterocycles. The molecule has 0 unspecified atom stereocenters. The molecule has 0 saturated carbocycles. The average molecular weight is 544 g/mol. The largest absolute Gasteiger partial charge is 0.494 e. The summed E-state index contributed by atoms with van der Waals surface area (Å²) in [6.45, 7) is 5.74. The van der Waals surface area contributed by atoms with Gasteiger partial charge in [-0.05, 0) is 45.7 Å². The number of benzene rings is 2. The van der Waals surface area contributed by atoms with Crippen molar-refractivity contribution in [2.24, 2.45) is 0 Å². The molecule has 0 bridgehead atoms. The molecule has 1 atom stereocenters. The molecule has 0 radical (unpaired) electrons. The molecule has 204 valence electrons. The number of sulfonamides is 1. The number of carbonyl (C=O) groups excluding carboxylic acids is 1. The zero-order valence-corrected chi connectivity index (χ0v) is 23.0. The first kappa shape index (κ1) is 27.2. The van der Waals surface area contributed by atoms with E-state index in [0.717, 1.165) is 0 Å². The summed E-state index contributed by atoms with van der Waals surface area (Å²) in [7, 11) is -0.958. The van der Waals surface area contributed by atoms with Gasteiger partial charge in [-0.1, -0.05) is 36.4 Å². The minimum absolute atomic E-state index is 0.00189. The van der Waals surface area contributed by atoms with Gasteiger partial charge in [0, 0.05) is 18.7 Å². The number of piperidine rings is 1. The Kier molecular flexibility index (Phi) is 7.81. The lowest BCUT2D eigenvalue weighted by Gasteiger charge is -2.33. The highest BCUT2D eigenvalue weighted by atomic mass is 32.2. The van der Waals surface area contributed by atoms with Gasteiger partial charge in [0.2, 0.25) is 16.0 Å². The molecule has 11 nitrogen and oxygen atoms in total. The van der Waals surface area contributed by atoms with E-state index in [-0.39, 0.29) is 12.5 Å². The molecule has 1 saturated heterocycles. The zero-order chi connectivity index (χ0) is 27.5. The third kappa shape index (κ3) is 5.85. The van der Waals surface area contributed by atoms with Crippen LogP contribution in [0.4, 0.5) is 10.7 Å². The van der Waals surface area contributed by atoms with Crippen LogP contribution in [0.5, 0.6) is 11.5 Å². The number of rotatable bonds is 7. The van der Waals surface area contributed by atoms with Crippen molar-refractivity contribution in [2.45, 2.75) is 44.5 Å². The van der Waals surface area contributed by atoms with E-state index in [9.17, 15) is 13.2 Å². The van der Waals surface area contributed by atoms with Gasteiger partial charge in [0.1, 0.15) is 22.8 Å². The summed E-state index contributed by atoms with van der Waals surface area (Å²) < 4.78 is 48.1. The molecular weight excluding hydrogens is 510 g/mol. The van der Waals surface area contributed by atoms with Crippen LogP contribution < -0.4 is 14.2 Å². The Morgan fingerprint density at radius 1 is 1.00 bits per heavy atom. The smallest absolute Gasteiger partial charge is 0.410 e. The molecule has 1 fully saturated rings. The Balaban J connectivity index is 1.73. The quantitative estimate of drug-likeness (QED) is 0.472. The van der Waals surface area contributed by atoms with E-state index in [1.807, 2.05) is 30.3 Å². The lowest BCUT2D eigenvalue weighted by Crippen LogP contribution is -2.48. The number of aromatic nitrogens is 3. The number of anilines is 1. The van der Waals surface area contributed by atoms with Crippen LogP contribution in [-0.2, 0) is 14.8 Å². The predicted octanol–water partition coefficient (Wildman–Crippen LogP) is 4.09. The van der Waals surface area contributed by atoms with E-state index in [1.165, 1.54) is 19.1 Å². The molecule has 4 rings (SSSR count). The summed E-state index contributed by atoms with van der Waals surface area (Å²) in [5, 5.41) is 7.66. The van der Waals surface area contributed by atoms with Crippen molar-refractivity contribution in [3.63, 3.8) is 0 Å². The summed E-state index contributed by atoms with van der Waals surface area (Å²) in [5.74, 6) is 1.25. The minimum Gasteiger partial charge on any atom is -0.494 e. The Morgan fingerprint density at radius 2 is 1.66 bits per heavy atom. The molecule has 1 aromatic heterocycles. The first-order valence-corrected chi connectivity index (χ1v) is 13.8. The van der Waals surface area contributed by atoms with Crippen molar-refractivity contribution in [3.05, 3.63) is 48.5 Å². The van der Waals surface area contributed by atoms with Gasteiger partial charge in [-0.15, -0.1) is 10.2 Å². The maximum absolute atomic E-state index is 13.6. The predicted molar refractivity (Wildman–Crippen MR) is 143 cm³/mol. The van der Waals surface area contributed by atoms with Crippen LogP contribution in [0.25, 0.3) is 17.1 Å². The highest BCUT2D eigenvalue weighted by Gasteiger charge is 2.36. The summed E-state index contributed by atoms with van der Waals surface area (Å²) in [5.41, 5.74) is 0.476. The second kappa shape index (κ2) is 10.9. The third-order valence-corrected chi connectivity index (χ3v) is 7.75. The van der Waals surface area contributed by atoms with Crippen molar-refractivity contribution < 1.29 is 27.4 Å². The highest BCUT2D eigenvalue weighted by molar-refractivity contribution is 7.93. The fourth-order valence-corrected chi connectivity index (χ4v) is 5.69. The van der Waals surface area contributed by atoms with Gasteiger partial charge >= 0.3 is 6.09 Å². The lowest BCUT2D eigenvalue weighted by molar-refractivity contribution is 0.0219. The molecule has 0 spiro atoms. The molecule has 3 aromatic rings. The SMILES string of the molecule is COc1cccc(OC)c1-n1c(NS(=O)(=O)[C@@H]2CCCN(C(=O)OC(C)(C)C)C2)nnc1-c1ccccc1. The highest BCUT2D eigenvalue weighted by Crippen LogP contribution is 2.38. The van der Waals surface area contributed by atoms with Crippen LogP contribution >= 0.6 is 0 Å². The summed E-state index contributed by atoms with van der Waals surface area (Å²) in [6, 6.07) is 14.5. The number of nitrogens with one attached hydrogen (secondary N) is 1. The maximum atomic E-state index is 13.6. The number of carbonyl (C=O) groups is 1. The topological polar surface area (TPSA) is 125 Å². The minimum atomic E-state index is -3.99. The third-order valence-electron chi connectivity index (χ3n) is 6.02. The zero-order valence-electron chi connectivity index (χ0n) is 22.2. The number of nitrogens with zero attached hydrogens (tertiary/aromatic N) is 4. The monoisotopic (exact) mass is 543 g/mol. The fraction of sp³-hybridized carbons (Fsp3) is 0.423. The summed E-state index contributed by atoms with van der Waals surface area (Å²) in [4.78, 5) is 14.1. The molecule has 1 aliphatic rings. The van der Waals surface area contributed by atoms with Crippen molar-refractivity contribution in [2.75, 3.05) is 32.0 Å². The molecule has 1 N–H and O–H groups in total. The van der Waals surface area contributed by atoms with E-state index in [4.69, 9.17) is 14.2 Å². The summed E-state index contributed by atoms with van der Waals surface area (Å²) >= 11 is 0. The first-order valence-electron chi connectivity index (χ1n) is 12.3. The molecule has 12 heteroatoms. The van der Waals surface area contributed by atoms with Crippen LogP contribution in [-0.4, -0.2) is 72.3 Å². The number of likely N-dealkylation sites (tertiary alicyclic amines) is 1. The maximum Gasteiger partial charge on any atom is 0.410 e. The standard InChI is InChI=1S/C26H33N5O6S/c1-26(2,3)37-25(32)30-16-10-13-19(17-30)38(33,34)29-24-28-27-23(18-11-7-6-8-12-18)31(24)22-20(35-4)14-9-15-21(22)36-5/h6-9,11-12,14-15,19H,10,13,16-17H2,1-5H3,(H,28,29)/t19-/m1/s1. The number of amides is 1. The molecular formula is C26H33N5O6S. The fourth-order valence-electron chi connectivity index (χ4n) is 4.28. The number of hydrogen-bond donors (Lipinski definition) is 1. The number of ether oxygens (including phenoxy) is 3. The van der Waals surface area contributed by atoms with E-state index < -0.39 is 27.0 Å². The van der Waals surface area contributed by atoms with E-state index in [1.54, 1.807) is 43.5 Å². The van der Waals surface area contributed by atoms with Gasteiger partial charge in [0.05, 0.1) is 19.5 Å². The number of methoxy groups -OCH3 is 2. The second-order valence-corrected chi connectivity index (χ2v) is 11.9. The van der Waals surface area contributed by atoms with Crippen LogP contribution in [0.3, 0.4) is 0 Å². The molecule has 38 heavy (non-hydrogen) atoms. The van der Waals surface area contributed by atoms with E-state index in [0.29, 0.717) is 48.0 Å². The number of para-hydroxylation sites is 1. The van der Waals surface area contributed by atoms with E-state index in [2.05, 4.69) is 14.9 Å². The Hall–Kier alpha value is -3.80. The van der Waals surface area contributed by atoms with E-state index >= 15 is 0 Å². The van der Waals surface area contributed by atoms with Gasteiger partial charge < -0.3 is 19.1 Å². The van der Waals surface area contributed by atoms with Gasteiger partial charge in [-0.3, -0.25) is 9.29 Å². The van der Waals surface area contributed by atoms with Crippen LogP contribution in [0.2, 0.25) is 0 Å². The summed E-state index contributed by atoms with van der Waals surface area (Å²) in [6.07, 6.45) is 0.366. The second-order valence-electron chi connectivity index (χ2n) is 9.90. The van der Waals surface area contributed by atoms with Gasteiger partial charge in [0.15, 0.2) is 5.82 Å². The van der Waals surface area contributed by atoms with Crippen molar-refractivity contribution in [3.8, 4) is 28.6 Å². The van der Waals surface area contributed by atoms with Gasteiger partial charge in [-0.25, -0.2) is 13.2 Å². The Bertz CT molecular complexity index is 1360. The normalized spacial score (nSPS) is 16.1. The molecule has 2 heterocycles. The van der Waals surface area contributed by atoms with Gasteiger partial charge in [-0.2, -0.15) is 0 Å². The number of hydrogen-bond acceptors (Lipinski definition) is 8. The first-order chi connectivity index (χ1) is 18.0. The molecule has 2 aromatic carbocycles. The molecule has 1 amide bonds. The van der Waals surface area contributed by atoms with Crippen molar-refractivity contribution in [1.82, 2.24) is 19.7 Å². The Labute approximate surface area is 222 Å². The lowest BCUT2D eigenvalue weighted by atomic mass is 10.1. The van der Waals surface area contributed by atoms with Crippen molar-refractivity contribution >= 4 is 22.1 Å². The van der Waals surface area contributed by atoms with Gasteiger partial charge in [0.25, 0.3) is 0 Å². The van der Waals surface area contributed by atoms with Crippen LogP contribution in [0.1, 0.15) is 33.6 Å². The Morgan fingerprint density at radius 3 is 2.26 bits per heavy atom. The average Bonchev–Trinajstić information content (AvgIpc) is 3.29. The van der Waals surface area contributed by atoms with Crippen LogP contribution in [0.15, 0.2) is 48.5 Å². The van der Waals surface area contributed by atoms with Crippen LogP contribution in [0, 0.1) is 0 Å². The van der Waals surface area contributed by atoms with Crippen molar-refractivity contribution in [1.29, 1.82) is 0 Å².